The zero-order valence-corrected chi connectivity index (χ0v) is 6.46. The van der Waals surface area contributed by atoms with Crippen LogP contribution in [0.5, 0.6) is 0 Å². The molecule has 0 bridgehead atoms. The summed E-state index contributed by atoms with van der Waals surface area (Å²) in [7, 11) is 0. The molecule has 1 rings (SSSR count). The second-order valence-corrected chi connectivity index (χ2v) is 2.35. The number of aromatic nitrogens is 2. The maximum Gasteiger partial charge on any atom is 0.146 e. The number of halogens is 1. The summed E-state index contributed by atoms with van der Waals surface area (Å²) in [5.41, 5.74) is 0. The van der Waals surface area contributed by atoms with Gasteiger partial charge in [0.15, 0.2) is 0 Å². The van der Waals surface area contributed by atoms with Crippen LogP contribution in [0.25, 0.3) is 0 Å². The van der Waals surface area contributed by atoms with Crippen LogP contribution in [0, 0.1) is 0 Å². The molecule has 4 heteroatoms. The monoisotopic (exact) mass is 207 g/mol. The van der Waals surface area contributed by atoms with Crippen molar-refractivity contribution in [2.75, 3.05) is 18.9 Å². The molecule has 0 radical (unpaired) electrons. The average molecular weight is 208 g/mol. The number of anilines is 1. The standard InChI is InChI=1S/C6H8BrN3/c1-10(2)6-4-8-5(7)3-9-6/h3-4H,1-2H3/i1D3,2D3. The summed E-state index contributed by atoms with van der Waals surface area (Å²) >= 11 is 3.02. The van der Waals surface area contributed by atoms with E-state index in [9.17, 15) is 0 Å². The molecule has 1 heterocycles. The molecule has 0 saturated heterocycles. The van der Waals surface area contributed by atoms with Crippen molar-refractivity contribution >= 4 is 21.7 Å². The van der Waals surface area contributed by atoms with Gasteiger partial charge in [-0.25, -0.2) is 9.97 Å². The molecular weight excluding hydrogens is 194 g/mol. The van der Waals surface area contributed by atoms with Crippen LogP contribution < -0.4 is 4.90 Å². The molecule has 0 saturated carbocycles. The third-order valence-corrected chi connectivity index (χ3v) is 1.25. The van der Waals surface area contributed by atoms with Crippen molar-refractivity contribution < 1.29 is 8.22 Å². The Labute approximate surface area is 76.7 Å². The van der Waals surface area contributed by atoms with Crippen LogP contribution in [0.3, 0.4) is 0 Å². The van der Waals surface area contributed by atoms with Crippen LogP contribution >= 0.6 is 15.9 Å². The Balaban J connectivity index is 3.18. The molecule has 3 nitrogen and oxygen atoms in total. The Morgan fingerprint density at radius 1 is 1.50 bits per heavy atom. The number of nitrogens with zero attached hydrogens (tertiary/aromatic N) is 3. The number of hydrogen-bond acceptors (Lipinski definition) is 3. The summed E-state index contributed by atoms with van der Waals surface area (Å²) in [5, 5.41) is 0. The van der Waals surface area contributed by atoms with Gasteiger partial charge in [-0.15, -0.1) is 0 Å². The van der Waals surface area contributed by atoms with E-state index < -0.39 is 14.0 Å². The minimum absolute atomic E-state index is 0.219. The molecule has 0 spiro atoms. The lowest BCUT2D eigenvalue weighted by molar-refractivity contribution is 1.03. The summed E-state index contributed by atoms with van der Waals surface area (Å²) in [4.78, 5) is 7.72. The molecule has 0 aromatic carbocycles. The molecule has 0 unspecified atom stereocenters. The molecule has 0 aliphatic heterocycles. The molecule has 0 atom stereocenters. The van der Waals surface area contributed by atoms with E-state index in [1.807, 2.05) is 0 Å². The lowest BCUT2D eigenvalue weighted by Crippen LogP contribution is -2.10. The largest absolute Gasteiger partial charge is 0.361 e. The smallest absolute Gasteiger partial charge is 0.146 e. The van der Waals surface area contributed by atoms with E-state index in [4.69, 9.17) is 8.22 Å². The first-order valence-corrected chi connectivity index (χ1v) is 3.19. The van der Waals surface area contributed by atoms with Gasteiger partial charge in [0.1, 0.15) is 10.4 Å². The predicted octanol–water partition coefficient (Wildman–Crippen LogP) is 1.31. The van der Waals surface area contributed by atoms with Crippen molar-refractivity contribution in [2.24, 2.45) is 0 Å². The Morgan fingerprint density at radius 2 is 2.30 bits per heavy atom. The first kappa shape index (κ1) is 2.77. The van der Waals surface area contributed by atoms with Crippen LogP contribution in [-0.4, -0.2) is 23.9 Å². The normalized spacial score (nSPS) is 20.9. The van der Waals surface area contributed by atoms with E-state index in [0.29, 0.717) is 4.60 Å². The highest BCUT2D eigenvalue weighted by atomic mass is 79.9. The van der Waals surface area contributed by atoms with Crippen LogP contribution in [0.2, 0.25) is 0 Å². The maximum atomic E-state index is 7.16. The summed E-state index contributed by atoms with van der Waals surface area (Å²) in [6.07, 6.45) is 2.32. The fourth-order valence-electron chi connectivity index (χ4n) is 0.421. The maximum absolute atomic E-state index is 7.16. The predicted molar refractivity (Wildman–Crippen MR) is 44.1 cm³/mol. The molecule has 1 aromatic rings. The molecule has 0 aliphatic rings. The van der Waals surface area contributed by atoms with Crippen LogP contribution in [-0.2, 0) is 0 Å². The first-order valence-electron chi connectivity index (χ1n) is 5.40. The van der Waals surface area contributed by atoms with Crippen molar-refractivity contribution in [1.82, 2.24) is 9.97 Å². The topological polar surface area (TPSA) is 29.0 Å². The Hall–Kier alpha value is -0.640. The van der Waals surface area contributed by atoms with E-state index in [1.165, 1.54) is 6.20 Å². The Bertz CT molecular complexity index is 344. The van der Waals surface area contributed by atoms with Crippen molar-refractivity contribution in [3.63, 3.8) is 0 Å². The molecule has 0 aliphatic carbocycles. The van der Waals surface area contributed by atoms with Gasteiger partial charge in [0.2, 0.25) is 0 Å². The Morgan fingerprint density at radius 3 is 2.80 bits per heavy atom. The second kappa shape index (κ2) is 2.96. The minimum atomic E-state index is -2.80. The highest BCUT2D eigenvalue weighted by Gasteiger charge is 1.94. The molecule has 54 valence electrons. The lowest BCUT2D eigenvalue weighted by atomic mass is 10.6. The summed E-state index contributed by atoms with van der Waals surface area (Å²) in [6, 6.07) is 0. The second-order valence-electron chi connectivity index (χ2n) is 1.53. The van der Waals surface area contributed by atoms with Gasteiger partial charge in [-0.1, -0.05) is 0 Å². The highest BCUT2D eigenvalue weighted by Crippen LogP contribution is 2.07. The first-order chi connectivity index (χ1) is 7.12. The fraction of sp³-hybridized carbons (Fsp3) is 0.333. The van der Waals surface area contributed by atoms with Gasteiger partial charge in [-0.05, 0) is 15.9 Å². The highest BCUT2D eigenvalue weighted by molar-refractivity contribution is 9.10. The molecule has 1 aromatic heterocycles. The van der Waals surface area contributed by atoms with Gasteiger partial charge in [0.05, 0.1) is 12.4 Å². The number of hydrogen-bond donors (Lipinski definition) is 0. The van der Waals surface area contributed by atoms with E-state index >= 15 is 0 Å². The van der Waals surface area contributed by atoms with Gasteiger partial charge in [-0.2, -0.15) is 0 Å². The third kappa shape index (κ3) is 1.67. The van der Waals surface area contributed by atoms with Gasteiger partial charge in [-0.3, -0.25) is 0 Å². The van der Waals surface area contributed by atoms with E-state index in [2.05, 4.69) is 25.9 Å². The third-order valence-electron chi connectivity index (χ3n) is 0.836. The van der Waals surface area contributed by atoms with Gasteiger partial charge in [0.25, 0.3) is 0 Å². The lowest BCUT2D eigenvalue weighted by Gasteiger charge is -2.08. The van der Waals surface area contributed by atoms with Crippen LogP contribution in [0.15, 0.2) is 17.0 Å². The fourth-order valence-corrected chi connectivity index (χ4v) is 0.626. The summed E-state index contributed by atoms with van der Waals surface area (Å²) in [6.45, 7) is -5.60. The zero-order chi connectivity index (χ0) is 12.6. The van der Waals surface area contributed by atoms with Crippen molar-refractivity contribution in [1.29, 1.82) is 0 Å². The summed E-state index contributed by atoms with van der Waals surface area (Å²) < 4.78 is 43.3. The molecule has 0 fully saturated rings. The van der Waals surface area contributed by atoms with Crippen LogP contribution in [0.4, 0.5) is 5.82 Å². The van der Waals surface area contributed by atoms with Gasteiger partial charge < -0.3 is 4.90 Å². The van der Waals surface area contributed by atoms with Gasteiger partial charge in [0, 0.05) is 22.2 Å². The average Bonchev–Trinajstić information content (AvgIpc) is 2.03. The molecule has 0 N–H and O–H groups in total. The summed E-state index contributed by atoms with van der Waals surface area (Å²) in [5.74, 6) is -0.219. The van der Waals surface area contributed by atoms with E-state index in [1.54, 1.807) is 0 Å². The zero-order valence-electron chi connectivity index (χ0n) is 10.9. The Kier molecular flexibility index (Phi) is 0.822. The van der Waals surface area contributed by atoms with Crippen LogP contribution in [0.1, 0.15) is 8.22 Å². The minimum Gasteiger partial charge on any atom is -0.361 e. The SMILES string of the molecule is [2H]C([2H])([2H])N(c1cnc(Br)cn1)C([2H])([2H])[2H]. The number of rotatable bonds is 1. The molecule has 10 heavy (non-hydrogen) atoms. The molecular formula is C6H8BrN3. The molecule has 0 amide bonds. The van der Waals surface area contributed by atoms with Crippen molar-refractivity contribution in [3.05, 3.63) is 17.0 Å². The van der Waals surface area contributed by atoms with Crippen molar-refractivity contribution in [3.8, 4) is 0 Å². The van der Waals surface area contributed by atoms with Crippen molar-refractivity contribution in [2.45, 2.75) is 0 Å². The van der Waals surface area contributed by atoms with E-state index in [0.717, 1.165) is 6.20 Å². The van der Waals surface area contributed by atoms with E-state index in [-0.39, 0.29) is 10.7 Å². The van der Waals surface area contributed by atoms with Gasteiger partial charge >= 0.3 is 0 Å². The quantitative estimate of drug-likeness (QED) is 0.696.